The van der Waals surface area contributed by atoms with Crippen molar-refractivity contribution in [2.24, 2.45) is 0 Å². The van der Waals surface area contributed by atoms with Gasteiger partial charge in [0.2, 0.25) is 0 Å². The largest absolute Gasteiger partial charge is 0.457 e. The highest BCUT2D eigenvalue weighted by molar-refractivity contribution is 5.69. The second kappa shape index (κ2) is 33.0. The maximum absolute atomic E-state index is 11.6. The Bertz CT molecular complexity index is 714. The average Bonchev–Trinajstić information content (AvgIpc) is 2.96. The summed E-state index contributed by atoms with van der Waals surface area (Å²) in [5.41, 5.74) is 0. The van der Waals surface area contributed by atoms with Crippen LogP contribution >= 0.6 is 0 Å². The standard InChI is InChI=1S/C36H60O4/c1-3-5-7-8-9-10-11-12-13-14-15-16-17-18-19-20-21-22-23-24-25-26-27-28-29-30-32-39-34-35(33-37)40-36(38)31-6-4-2/h5,7,9-10,12-13,15-16,18-19,21-22,35,37H,3-4,6,8,11,14,17,20,23-34H2,1-2H3/b7-5-,10-9-,13-12-,16-15-,19-18-,22-21-. The van der Waals surface area contributed by atoms with Crippen LogP contribution in [0, 0.1) is 0 Å². The van der Waals surface area contributed by atoms with E-state index < -0.39 is 6.10 Å². The van der Waals surface area contributed by atoms with Crippen LogP contribution in [0.3, 0.4) is 0 Å². The lowest BCUT2D eigenvalue weighted by molar-refractivity contribution is -0.154. The molecule has 0 aromatic rings. The summed E-state index contributed by atoms with van der Waals surface area (Å²) in [4.78, 5) is 11.6. The lowest BCUT2D eigenvalue weighted by Crippen LogP contribution is -2.27. The van der Waals surface area contributed by atoms with Crippen LogP contribution in [0.1, 0.15) is 123 Å². The number of ether oxygens (including phenoxy) is 2. The topological polar surface area (TPSA) is 55.8 Å². The first-order valence-electron chi connectivity index (χ1n) is 16.0. The molecular formula is C36H60O4. The predicted molar refractivity (Wildman–Crippen MR) is 172 cm³/mol. The Morgan fingerprint density at radius 1 is 0.625 bits per heavy atom. The maximum atomic E-state index is 11.6. The molecule has 0 aliphatic rings. The third-order valence-corrected chi connectivity index (χ3v) is 6.30. The number of aliphatic hydroxyl groups excluding tert-OH is 1. The number of carbonyl (C=O) groups is 1. The van der Waals surface area contributed by atoms with E-state index in [2.05, 4.69) is 79.8 Å². The smallest absolute Gasteiger partial charge is 0.306 e. The monoisotopic (exact) mass is 556 g/mol. The Morgan fingerprint density at radius 2 is 1.10 bits per heavy atom. The molecule has 0 spiro atoms. The summed E-state index contributed by atoms with van der Waals surface area (Å²) in [6.45, 7) is 4.95. The lowest BCUT2D eigenvalue weighted by atomic mass is 10.1. The second-order valence-electron chi connectivity index (χ2n) is 10.2. The Balaban J connectivity index is 3.47. The molecule has 0 fully saturated rings. The molecule has 0 saturated heterocycles. The Hall–Kier alpha value is -2.17. The Labute approximate surface area is 247 Å². The van der Waals surface area contributed by atoms with Crippen molar-refractivity contribution >= 4 is 5.97 Å². The summed E-state index contributed by atoms with van der Waals surface area (Å²) in [6, 6.07) is 0. The molecule has 1 unspecified atom stereocenters. The van der Waals surface area contributed by atoms with Gasteiger partial charge in [-0.2, -0.15) is 0 Å². The van der Waals surface area contributed by atoms with Gasteiger partial charge in [-0.3, -0.25) is 4.79 Å². The number of hydrogen-bond donors (Lipinski definition) is 1. The van der Waals surface area contributed by atoms with Gasteiger partial charge in [0.05, 0.1) is 13.2 Å². The lowest BCUT2D eigenvalue weighted by Gasteiger charge is -2.15. The number of carbonyl (C=O) groups excluding carboxylic acids is 1. The van der Waals surface area contributed by atoms with Crippen molar-refractivity contribution in [1.29, 1.82) is 0 Å². The Morgan fingerprint density at radius 3 is 1.60 bits per heavy atom. The fourth-order valence-corrected chi connectivity index (χ4v) is 3.89. The van der Waals surface area contributed by atoms with Crippen molar-refractivity contribution in [1.82, 2.24) is 0 Å². The minimum absolute atomic E-state index is 0.184. The van der Waals surface area contributed by atoms with Gasteiger partial charge in [-0.05, 0) is 64.2 Å². The molecule has 0 rings (SSSR count). The molecular weight excluding hydrogens is 496 g/mol. The van der Waals surface area contributed by atoms with Gasteiger partial charge >= 0.3 is 5.97 Å². The first-order chi connectivity index (χ1) is 19.7. The van der Waals surface area contributed by atoms with Crippen LogP contribution in [-0.4, -0.2) is 37.0 Å². The van der Waals surface area contributed by atoms with Crippen LogP contribution in [0.5, 0.6) is 0 Å². The average molecular weight is 557 g/mol. The van der Waals surface area contributed by atoms with Crippen molar-refractivity contribution in [3.05, 3.63) is 72.9 Å². The summed E-state index contributed by atoms with van der Waals surface area (Å²) < 4.78 is 10.8. The third kappa shape index (κ3) is 30.4. The molecule has 0 radical (unpaired) electrons. The van der Waals surface area contributed by atoms with Crippen molar-refractivity contribution < 1.29 is 19.4 Å². The van der Waals surface area contributed by atoms with E-state index in [0.717, 1.165) is 64.2 Å². The van der Waals surface area contributed by atoms with Crippen molar-refractivity contribution in [2.75, 3.05) is 19.8 Å². The normalized spacial score (nSPS) is 13.4. The van der Waals surface area contributed by atoms with Gasteiger partial charge < -0.3 is 14.6 Å². The highest BCUT2D eigenvalue weighted by atomic mass is 16.6. The second-order valence-corrected chi connectivity index (χ2v) is 10.2. The van der Waals surface area contributed by atoms with Crippen LogP contribution in [-0.2, 0) is 14.3 Å². The molecule has 40 heavy (non-hydrogen) atoms. The van der Waals surface area contributed by atoms with Crippen molar-refractivity contribution in [3.63, 3.8) is 0 Å². The molecule has 1 N–H and O–H groups in total. The molecule has 0 bridgehead atoms. The minimum atomic E-state index is -0.537. The van der Waals surface area contributed by atoms with Gasteiger partial charge in [-0.15, -0.1) is 0 Å². The van der Waals surface area contributed by atoms with E-state index in [4.69, 9.17) is 9.47 Å². The molecule has 0 aromatic carbocycles. The van der Waals surface area contributed by atoms with Crippen LogP contribution < -0.4 is 0 Å². The van der Waals surface area contributed by atoms with Crippen molar-refractivity contribution in [3.8, 4) is 0 Å². The zero-order valence-electron chi connectivity index (χ0n) is 25.8. The number of esters is 1. The van der Waals surface area contributed by atoms with E-state index >= 15 is 0 Å². The molecule has 0 aliphatic heterocycles. The fraction of sp³-hybridized carbons (Fsp3) is 0.639. The van der Waals surface area contributed by atoms with Gasteiger partial charge in [0.15, 0.2) is 0 Å². The van der Waals surface area contributed by atoms with Gasteiger partial charge in [0, 0.05) is 13.0 Å². The van der Waals surface area contributed by atoms with E-state index in [1.165, 1.54) is 38.5 Å². The predicted octanol–water partition coefficient (Wildman–Crippen LogP) is 9.92. The summed E-state index contributed by atoms with van der Waals surface area (Å²) in [5, 5.41) is 9.33. The molecule has 4 heteroatoms. The molecule has 0 heterocycles. The summed E-state index contributed by atoms with van der Waals surface area (Å²) in [7, 11) is 0. The molecule has 0 saturated carbocycles. The van der Waals surface area contributed by atoms with E-state index in [1.807, 2.05) is 6.92 Å². The van der Waals surface area contributed by atoms with E-state index in [1.54, 1.807) is 0 Å². The SMILES string of the molecule is CC/C=C\C/C=C\C/C=C\C/C=C\C/C=C\C/C=C\CCCCCCCCCOCC(CO)OC(=O)CCCC. The molecule has 0 amide bonds. The number of hydrogen-bond acceptors (Lipinski definition) is 4. The molecule has 4 nitrogen and oxygen atoms in total. The van der Waals surface area contributed by atoms with E-state index in [9.17, 15) is 9.90 Å². The zero-order chi connectivity index (χ0) is 29.2. The first-order valence-corrected chi connectivity index (χ1v) is 16.0. The minimum Gasteiger partial charge on any atom is -0.457 e. The number of rotatable bonds is 28. The van der Waals surface area contributed by atoms with Gasteiger partial charge in [0.1, 0.15) is 6.10 Å². The number of aliphatic hydroxyl groups is 1. The molecule has 0 aliphatic carbocycles. The quantitative estimate of drug-likeness (QED) is 0.0592. The van der Waals surface area contributed by atoms with Gasteiger partial charge in [-0.1, -0.05) is 125 Å². The van der Waals surface area contributed by atoms with Crippen LogP contribution in [0.2, 0.25) is 0 Å². The molecule has 0 aromatic heterocycles. The Kier molecular flexibility index (Phi) is 31.2. The third-order valence-electron chi connectivity index (χ3n) is 6.30. The highest BCUT2D eigenvalue weighted by Crippen LogP contribution is 2.10. The van der Waals surface area contributed by atoms with E-state index in [-0.39, 0.29) is 19.2 Å². The molecule has 1 atom stereocenters. The van der Waals surface area contributed by atoms with Gasteiger partial charge in [0.25, 0.3) is 0 Å². The number of unbranched alkanes of at least 4 members (excludes halogenated alkanes) is 8. The van der Waals surface area contributed by atoms with Crippen LogP contribution in [0.15, 0.2) is 72.9 Å². The maximum Gasteiger partial charge on any atom is 0.306 e. The van der Waals surface area contributed by atoms with Crippen LogP contribution in [0.25, 0.3) is 0 Å². The summed E-state index contributed by atoms with van der Waals surface area (Å²) in [5.74, 6) is -0.245. The fourth-order valence-electron chi connectivity index (χ4n) is 3.89. The number of allylic oxidation sites excluding steroid dienone is 12. The van der Waals surface area contributed by atoms with E-state index in [0.29, 0.717) is 13.0 Å². The molecule has 228 valence electrons. The summed E-state index contributed by atoms with van der Waals surface area (Å²) in [6.07, 6.45) is 44.5. The zero-order valence-corrected chi connectivity index (χ0v) is 25.8. The van der Waals surface area contributed by atoms with Crippen molar-refractivity contribution in [2.45, 2.75) is 129 Å². The van der Waals surface area contributed by atoms with Crippen LogP contribution in [0.4, 0.5) is 0 Å². The van der Waals surface area contributed by atoms with Gasteiger partial charge in [-0.25, -0.2) is 0 Å². The highest BCUT2D eigenvalue weighted by Gasteiger charge is 2.13. The summed E-state index contributed by atoms with van der Waals surface area (Å²) >= 11 is 0. The first kappa shape index (κ1) is 37.8.